The van der Waals surface area contributed by atoms with E-state index in [-0.39, 0.29) is 54.5 Å². The Bertz CT molecular complexity index is 136. The van der Waals surface area contributed by atoms with Gasteiger partial charge < -0.3 is 32.5 Å². The number of hydrogen-bond donors (Lipinski definition) is 0. The number of ketones is 2. The van der Waals surface area contributed by atoms with Crippen LogP contribution in [-0.4, -0.2) is 47.3 Å². The van der Waals surface area contributed by atoms with Crippen molar-refractivity contribution >= 4 is 11.6 Å². The maximum absolute atomic E-state index is 8.40. The van der Waals surface area contributed by atoms with E-state index in [9.17, 15) is 0 Å². The van der Waals surface area contributed by atoms with E-state index in [1.165, 1.54) is 20.3 Å². The first-order chi connectivity index (χ1) is 6.95. The van der Waals surface area contributed by atoms with Gasteiger partial charge in [-0.25, -0.2) is 0 Å². The molecule has 0 saturated carbocycles. The Hall–Kier alpha value is -0.444. The van der Waals surface area contributed by atoms with E-state index in [1.54, 1.807) is 0 Å². The first kappa shape index (κ1) is 24.7. The maximum Gasteiger partial charge on any atom is 3.00 e. The van der Waals surface area contributed by atoms with Gasteiger partial charge in [0.05, 0.1) is 0 Å². The molecule has 0 aliphatic carbocycles. The van der Waals surface area contributed by atoms with Gasteiger partial charge in [0.2, 0.25) is 0 Å². The summed E-state index contributed by atoms with van der Waals surface area (Å²) in [6, 6.07) is 0. The Morgan fingerprint density at radius 2 is 1.00 bits per heavy atom. The molecule has 0 aliphatic heterocycles. The average Bonchev–Trinajstić information content (AvgIpc) is 2.16. The molecule has 0 amide bonds. The Morgan fingerprint density at radius 1 is 0.812 bits per heavy atom. The second kappa shape index (κ2) is 24.0. The molecular formula is C9H21CoN4O2. The molecule has 0 atom stereocenters. The Kier molecular flexibility index (Phi) is 37.0. The summed E-state index contributed by atoms with van der Waals surface area (Å²) < 4.78 is 0. The maximum atomic E-state index is 8.40. The minimum atomic E-state index is 0. The van der Waals surface area contributed by atoms with E-state index in [0.29, 0.717) is 0 Å². The summed E-state index contributed by atoms with van der Waals surface area (Å²) in [5.41, 5.74) is 25.1. The van der Waals surface area contributed by atoms with Crippen LogP contribution in [0.4, 0.5) is 0 Å². The third-order valence-electron chi connectivity index (χ3n) is 0.668. The van der Waals surface area contributed by atoms with Crippen molar-refractivity contribution in [2.45, 2.75) is 13.8 Å². The van der Waals surface area contributed by atoms with Crippen molar-refractivity contribution in [2.75, 3.05) is 26.2 Å². The fourth-order valence-electron chi connectivity index (χ4n) is 0.302. The van der Waals surface area contributed by atoms with Crippen molar-refractivity contribution in [3.05, 3.63) is 29.4 Å². The van der Waals surface area contributed by atoms with Crippen LogP contribution in [0.1, 0.15) is 13.8 Å². The topological polar surface area (TPSA) is 138 Å². The smallest absolute Gasteiger partial charge is 0.679 e. The third-order valence-corrected chi connectivity index (χ3v) is 0.668. The molecule has 0 heterocycles. The van der Waals surface area contributed by atoms with E-state index in [0.717, 1.165) is 0 Å². The van der Waals surface area contributed by atoms with Crippen LogP contribution in [0.15, 0.2) is 0 Å². The van der Waals surface area contributed by atoms with Crippen LogP contribution < -0.4 is 0 Å². The largest absolute Gasteiger partial charge is 3.00 e. The van der Waals surface area contributed by atoms with Gasteiger partial charge in [0.1, 0.15) is 0 Å². The summed E-state index contributed by atoms with van der Waals surface area (Å²) in [5, 5.41) is 0. The van der Waals surface area contributed by atoms with Gasteiger partial charge in [-0.1, -0.05) is 0 Å². The van der Waals surface area contributed by atoms with Gasteiger partial charge in [-0.15, -0.1) is 0 Å². The minimum Gasteiger partial charge on any atom is -0.679 e. The van der Waals surface area contributed by atoms with Gasteiger partial charge in [0, 0.05) is 13.8 Å². The normalized spacial score (nSPS) is 7.12. The molecule has 0 spiro atoms. The van der Waals surface area contributed by atoms with E-state index < -0.39 is 0 Å². The fourth-order valence-corrected chi connectivity index (χ4v) is 0.302. The second-order valence-corrected chi connectivity index (χ2v) is 2.43. The number of rotatable bonds is 4. The predicted molar refractivity (Wildman–Crippen MR) is 66.3 cm³/mol. The van der Waals surface area contributed by atoms with Gasteiger partial charge in [-0.05, 0) is 0 Å². The van der Waals surface area contributed by atoms with Gasteiger partial charge in [-0.3, -0.25) is 0 Å². The first-order valence-electron chi connectivity index (χ1n) is 4.44. The van der Waals surface area contributed by atoms with Crippen LogP contribution in [0, 0.1) is 6.42 Å². The quantitative estimate of drug-likeness (QED) is 0.423. The van der Waals surface area contributed by atoms with Crippen molar-refractivity contribution in [3.8, 4) is 0 Å². The minimum absolute atomic E-state index is 0. The molecule has 7 heteroatoms. The van der Waals surface area contributed by atoms with Crippen LogP contribution in [0.3, 0.4) is 0 Å². The molecule has 6 N–H and O–H groups in total. The second-order valence-electron chi connectivity index (χ2n) is 2.43. The zero-order chi connectivity index (χ0) is 12.7. The van der Waals surface area contributed by atoms with Crippen LogP contribution in [-0.2, 0) is 16.8 Å². The van der Waals surface area contributed by atoms with Gasteiger partial charge in [-0.2, -0.15) is 32.6 Å². The van der Waals surface area contributed by atoms with E-state index >= 15 is 0 Å². The number of hydrogen-bond acceptors (Lipinski definition) is 0. The Balaban J connectivity index is -0.0000000700. The molecule has 98 valence electrons. The van der Waals surface area contributed by atoms with Crippen molar-refractivity contribution in [3.63, 3.8) is 0 Å². The molecule has 0 aromatic rings. The molecule has 0 rings (SSSR count). The summed E-state index contributed by atoms with van der Waals surface area (Å²) in [5.74, 6) is 0.250. The first-order valence-corrected chi connectivity index (χ1v) is 4.44. The molecule has 0 fully saturated rings. The molecule has 0 bridgehead atoms. The summed E-state index contributed by atoms with van der Waals surface area (Å²) in [7, 11) is 0. The Morgan fingerprint density at radius 3 is 1.00 bits per heavy atom. The van der Waals surface area contributed by atoms with Crippen LogP contribution >= 0.6 is 0 Å². The van der Waals surface area contributed by atoms with Gasteiger partial charge in [0.25, 0.3) is 0 Å². The zero-order valence-electron chi connectivity index (χ0n) is 9.63. The molecule has 0 aliphatic rings. The van der Waals surface area contributed by atoms with Gasteiger partial charge >= 0.3 is 16.8 Å². The fraction of sp³-hybridized carbons (Fsp3) is 0.667. The van der Waals surface area contributed by atoms with Crippen molar-refractivity contribution in [1.29, 1.82) is 0 Å². The van der Waals surface area contributed by atoms with E-state index in [2.05, 4.69) is 0 Å². The summed E-state index contributed by atoms with van der Waals surface area (Å²) >= 11 is 0. The third kappa shape index (κ3) is 69.2. The van der Waals surface area contributed by atoms with Crippen LogP contribution in [0.25, 0.3) is 22.9 Å². The summed E-state index contributed by atoms with van der Waals surface area (Å²) in [4.78, 5) is 16.8. The van der Waals surface area contributed by atoms with Gasteiger partial charge in [0.15, 0.2) is 11.6 Å². The SMILES string of the molecule is CC(=[OH+])[CH-]C(C)=[OH+].[Co+3].[NH-]CC[NH-].[NH-]CC[NH-]. The molecule has 0 radical (unpaired) electrons. The summed E-state index contributed by atoms with van der Waals surface area (Å²) in [6.45, 7) is 3.94. The number of nitrogens with one attached hydrogen (secondary N) is 4. The monoisotopic (exact) mass is 276 g/mol. The summed E-state index contributed by atoms with van der Waals surface area (Å²) in [6.07, 6.45) is 1.28. The molecule has 0 aromatic carbocycles. The average molecular weight is 276 g/mol. The van der Waals surface area contributed by atoms with Crippen molar-refractivity contribution in [1.82, 2.24) is 0 Å². The van der Waals surface area contributed by atoms with Crippen molar-refractivity contribution < 1.29 is 26.4 Å². The zero-order valence-corrected chi connectivity index (χ0v) is 10.7. The molecular weight excluding hydrogens is 255 g/mol. The van der Waals surface area contributed by atoms with E-state index in [4.69, 9.17) is 32.5 Å². The molecule has 0 aromatic heterocycles. The molecule has 6 nitrogen and oxygen atoms in total. The molecule has 0 saturated heterocycles. The number of carbonyl (C=O) groups excluding carboxylic acids is 2. The van der Waals surface area contributed by atoms with E-state index in [1.807, 2.05) is 0 Å². The predicted octanol–water partition coefficient (Wildman–Crippen LogP) is 2.50. The standard InChI is InChI=1S/C5H7O2.2C2H6N2.Co/c1-4(6)3-5(2)7;2*3-1-2-4;/h3H,1-2H3;2*3-4H,1-2H2;/q-1;2*-2;+3/p+2. The van der Waals surface area contributed by atoms with Crippen LogP contribution in [0.5, 0.6) is 0 Å². The molecule has 0 unspecified atom stereocenters. The molecule has 16 heavy (non-hydrogen) atoms. The Labute approximate surface area is 108 Å². The van der Waals surface area contributed by atoms with Crippen LogP contribution in [0.2, 0.25) is 0 Å². The van der Waals surface area contributed by atoms with Crippen molar-refractivity contribution in [2.24, 2.45) is 0 Å².